The zero-order valence-electron chi connectivity index (χ0n) is 24.9. The quantitative estimate of drug-likeness (QED) is 0.0888. The molecule has 6 nitrogen and oxygen atoms in total. The van der Waals surface area contributed by atoms with E-state index in [4.69, 9.17) is 18.3 Å². The highest BCUT2D eigenvalue weighted by Crippen LogP contribution is 2.64. The SMILES string of the molecule is C=C(C)C(=O)OCCC[Si](C)(C)OC1(CC)C(C)[Si]1(C)OC(C)(C)[Si](C)(C)CCCOC(=O)C(=C)C. The van der Waals surface area contributed by atoms with Crippen LogP contribution in [-0.2, 0) is 27.9 Å². The largest absolute Gasteiger partial charge is 0.462 e. The summed E-state index contributed by atoms with van der Waals surface area (Å²) in [5.74, 6) is -0.644. The van der Waals surface area contributed by atoms with Crippen LogP contribution in [0.1, 0.15) is 60.8 Å². The molecule has 0 saturated carbocycles. The van der Waals surface area contributed by atoms with E-state index in [1.807, 2.05) is 0 Å². The Kier molecular flexibility index (Phi) is 11.2. The molecule has 1 aliphatic rings. The van der Waals surface area contributed by atoms with Crippen molar-refractivity contribution in [3.63, 3.8) is 0 Å². The summed E-state index contributed by atoms with van der Waals surface area (Å²) in [5.41, 5.74) is 1.29. The normalized spacial score (nSPS) is 24.2. The van der Waals surface area contributed by atoms with Crippen LogP contribution >= 0.6 is 0 Å². The van der Waals surface area contributed by atoms with Gasteiger partial charge in [-0.1, -0.05) is 46.1 Å². The maximum absolute atomic E-state index is 11.7. The monoisotopic (exact) mass is 556 g/mol. The first kappa shape index (κ1) is 33.0. The average Bonchev–Trinajstić information content (AvgIpc) is 3.18. The third-order valence-corrected chi connectivity index (χ3v) is 21.6. The molecule has 0 spiro atoms. The summed E-state index contributed by atoms with van der Waals surface area (Å²) in [5, 5.41) is -0.390. The minimum atomic E-state index is -2.15. The van der Waals surface area contributed by atoms with Crippen LogP contribution in [0.25, 0.3) is 0 Å². The van der Waals surface area contributed by atoms with Gasteiger partial charge in [0, 0.05) is 21.9 Å². The second-order valence-electron chi connectivity index (χ2n) is 12.5. The first-order valence-electron chi connectivity index (χ1n) is 13.3. The molecule has 0 radical (unpaired) electrons. The van der Waals surface area contributed by atoms with E-state index in [0.717, 1.165) is 31.4 Å². The number of esters is 2. The molecule has 1 aliphatic heterocycles. The number of ether oxygens (including phenoxy) is 2. The van der Waals surface area contributed by atoms with Crippen LogP contribution in [0.3, 0.4) is 0 Å². The Labute approximate surface area is 223 Å². The van der Waals surface area contributed by atoms with Gasteiger partial charge in [-0.2, -0.15) is 0 Å². The molecule has 0 bridgehead atoms. The summed E-state index contributed by atoms with van der Waals surface area (Å²) < 4.78 is 24.8. The van der Waals surface area contributed by atoms with Crippen LogP contribution in [0, 0.1) is 0 Å². The molecule has 0 aromatic heterocycles. The van der Waals surface area contributed by atoms with E-state index in [9.17, 15) is 9.59 Å². The van der Waals surface area contributed by atoms with Crippen molar-refractivity contribution < 1.29 is 27.9 Å². The molecule has 1 rings (SSSR count). The lowest BCUT2D eigenvalue weighted by molar-refractivity contribution is -0.139. The predicted octanol–water partition coefficient (Wildman–Crippen LogP) is 6.94. The van der Waals surface area contributed by atoms with Crippen LogP contribution in [0.4, 0.5) is 0 Å². The number of hydrogen-bond donors (Lipinski definition) is 0. The Morgan fingerprint density at radius 3 is 1.81 bits per heavy atom. The van der Waals surface area contributed by atoms with Gasteiger partial charge in [0.2, 0.25) is 8.32 Å². The molecule has 3 unspecified atom stereocenters. The summed E-state index contributed by atoms with van der Waals surface area (Å²) in [7, 11) is -5.96. The lowest BCUT2D eigenvalue weighted by Gasteiger charge is -2.44. The van der Waals surface area contributed by atoms with Crippen molar-refractivity contribution in [3.8, 4) is 0 Å². The van der Waals surface area contributed by atoms with Crippen LogP contribution in [0.2, 0.25) is 50.4 Å². The summed E-state index contributed by atoms with van der Waals surface area (Å²) >= 11 is 0. The molecule has 0 aromatic rings. The Morgan fingerprint density at radius 1 is 0.944 bits per heavy atom. The number of carbonyl (C=O) groups is 2. The van der Waals surface area contributed by atoms with Crippen molar-refractivity contribution in [2.75, 3.05) is 13.2 Å². The van der Waals surface area contributed by atoms with Crippen molar-refractivity contribution in [3.05, 3.63) is 24.3 Å². The fraction of sp³-hybridized carbons (Fsp3) is 0.778. The van der Waals surface area contributed by atoms with Gasteiger partial charge < -0.3 is 18.3 Å². The van der Waals surface area contributed by atoms with Crippen molar-refractivity contribution in [2.24, 2.45) is 0 Å². The molecular weight excluding hydrogens is 505 g/mol. The highest BCUT2D eigenvalue weighted by Gasteiger charge is 2.78. The van der Waals surface area contributed by atoms with Crippen molar-refractivity contribution in [1.82, 2.24) is 0 Å². The van der Waals surface area contributed by atoms with E-state index in [1.54, 1.807) is 13.8 Å². The average molecular weight is 557 g/mol. The van der Waals surface area contributed by atoms with Crippen LogP contribution in [0.15, 0.2) is 24.3 Å². The van der Waals surface area contributed by atoms with Gasteiger partial charge >= 0.3 is 11.9 Å². The Balaban J connectivity index is 2.80. The summed E-state index contributed by atoms with van der Waals surface area (Å²) in [6.45, 7) is 32.1. The van der Waals surface area contributed by atoms with Crippen LogP contribution in [0.5, 0.6) is 0 Å². The first-order chi connectivity index (χ1) is 16.3. The van der Waals surface area contributed by atoms with Gasteiger partial charge in [-0.3, -0.25) is 0 Å². The van der Waals surface area contributed by atoms with E-state index in [-0.39, 0.29) is 22.4 Å². The molecule has 208 valence electrons. The molecule has 1 heterocycles. The van der Waals surface area contributed by atoms with Crippen LogP contribution in [-0.4, -0.2) is 60.3 Å². The highest BCUT2D eigenvalue weighted by molar-refractivity contribution is 6.91. The van der Waals surface area contributed by atoms with Crippen LogP contribution < -0.4 is 0 Å². The Hall–Kier alpha value is -1.01. The molecule has 36 heavy (non-hydrogen) atoms. The lowest BCUT2D eigenvalue weighted by Crippen LogP contribution is -2.57. The van der Waals surface area contributed by atoms with Gasteiger partial charge in [0.1, 0.15) is 0 Å². The van der Waals surface area contributed by atoms with E-state index >= 15 is 0 Å². The van der Waals surface area contributed by atoms with Gasteiger partial charge in [-0.15, -0.1) is 0 Å². The number of hydrogen-bond acceptors (Lipinski definition) is 6. The van der Waals surface area contributed by atoms with Crippen molar-refractivity contribution in [1.29, 1.82) is 0 Å². The molecule has 0 N–H and O–H groups in total. The van der Waals surface area contributed by atoms with Gasteiger partial charge in [0.05, 0.1) is 26.5 Å². The molecule has 9 heteroatoms. The maximum Gasteiger partial charge on any atom is 0.333 e. The molecule has 0 aromatic carbocycles. The molecule has 1 fully saturated rings. The topological polar surface area (TPSA) is 71.1 Å². The summed E-state index contributed by atoms with van der Waals surface area (Å²) in [4.78, 5) is 23.3. The minimum absolute atomic E-state index is 0.171. The van der Waals surface area contributed by atoms with Gasteiger partial charge in [-0.05, 0) is 72.6 Å². The summed E-state index contributed by atoms with van der Waals surface area (Å²) in [6.07, 6.45) is 2.59. The third kappa shape index (κ3) is 7.75. The molecule has 0 amide bonds. The highest BCUT2D eigenvalue weighted by atomic mass is 28.4. The van der Waals surface area contributed by atoms with E-state index < -0.39 is 24.7 Å². The first-order valence-corrected chi connectivity index (χ1v) is 22.1. The smallest absolute Gasteiger partial charge is 0.333 e. The Bertz CT molecular complexity index is 837. The standard InChI is InChI=1S/C27H52O6Si3/c1-14-27(33-35(11,12)20-16-18-31-25(29)22(4)5)23(6)36(27,13)32-26(7,8)34(9,10)19-15-17-30-24(28)21(2)3/h23H,2,4,14-20H2,1,3,5-13H3. The fourth-order valence-electron chi connectivity index (χ4n) is 5.05. The number of carbonyl (C=O) groups excluding carboxylic acids is 2. The lowest BCUT2D eigenvalue weighted by atomic mass is 10.2. The maximum atomic E-state index is 11.7. The van der Waals surface area contributed by atoms with Crippen molar-refractivity contribution >= 4 is 36.6 Å². The molecular formula is C27H52O6Si3. The second-order valence-corrected chi connectivity index (χ2v) is 26.3. The van der Waals surface area contributed by atoms with E-state index in [0.29, 0.717) is 29.9 Å². The molecule has 0 aliphatic carbocycles. The zero-order valence-corrected chi connectivity index (χ0v) is 27.9. The number of rotatable bonds is 16. The van der Waals surface area contributed by atoms with Gasteiger partial charge in [0.25, 0.3) is 0 Å². The Morgan fingerprint density at radius 2 is 1.39 bits per heavy atom. The van der Waals surface area contributed by atoms with Gasteiger partial charge in [-0.25, -0.2) is 9.59 Å². The minimum Gasteiger partial charge on any atom is -0.462 e. The van der Waals surface area contributed by atoms with E-state index in [1.165, 1.54) is 0 Å². The molecule has 1 saturated heterocycles. The third-order valence-electron chi connectivity index (χ3n) is 8.40. The van der Waals surface area contributed by atoms with Gasteiger partial charge in [0.15, 0.2) is 8.32 Å². The second kappa shape index (κ2) is 12.2. The predicted molar refractivity (Wildman–Crippen MR) is 156 cm³/mol. The molecule has 3 atom stereocenters. The van der Waals surface area contributed by atoms with E-state index in [2.05, 4.69) is 73.6 Å². The zero-order chi connectivity index (χ0) is 28.2. The summed E-state index contributed by atoms with van der Waals surface area (Å²) in [6, 6.07) is 1.95. The van der Waals surface area contributed by atoms with Crippen molar-refractivity contribution in [2.45, 2.75) is 122 Å². The fourth-order valence-corrected chi connectivity index (χ4v) is 17.3.